The lowest BCUT2D eigenvalue weighted by Crippen LogP contribution is -2.49. The number of benzene rings is 3. The fourth-order valence-electron chi connectivity index (χ4n) is 5.29. The van der Waals surface area contributed by atoms with Gasteiger partial charge in [0.25, 0.3) is 0 Å². The van der Waals surface area contributed by atoms with Crippen LogP contribution in [0.3, 0.4) is 0 Å². The minimum absolute atomic E-state index is 0.0412. The van der Waals surface area contributed by atoms with Crippen molar-refractivity contribution in [3.63, 3.8) is 0 Å². The van der Waals surface area contributed by atoms with Gasteiger partial charge in [-0.1, -0.05) is 117 Å². The molecule has 3 heteroatoms. The van der Waals surface area contributed by atoms with Gasteiger partial charge in [0.15, 0.2) is 0 Å². The van der Waals surface area contributed by atoms with Crippen LogP contribution in [0.4, 0.5) is 0 Å². The van der Waals surface area contributed by atoms with Gasteiger partial charge in [-0.2, -0.15) is 0 Å². The molecule has 0 spiro atoms. The second-order valence-corrected chi connectivity index (χ2v) is 11.5. The first-order valence-corrected chi connectivity index (χ1v) is 12.8. The Morgan fingerprint density at radius 3 is 1.63 bits per heavy atom. The highest BCUT2D eigenvalue weighted by Crippen LogP contribution is 2.59. The lowest BCUT2D eigenvalue weighted by Gasteiger charge is -2.46. The summed E-state index contributed by atoms with van der Waals surface area (Å²) >= 11 is 0. The summed E-state index contributed by atoms with van der Waals surface area (Å²) in [6.45, 7) is 2.14. The molecule has 0 aliphatic heterocycles. The molecule has 0 heterocycles. The van der Waals surface area contributed by atoms with Crippen molar-refractivity contribution in [1.82, 2.24) is 0 Å². The Kier molecular flexibility index (Phi) is 6.27. The molecule has 0 amide bonds. The Hall–Kier alpha value is -2.15. The maximum absolute atomic E-state index is 15.3. The summed E-state index contributed by atoms with van der Waals surface area (Å²) in [5, 5.41) is 13.7. The van der Waals surface area contributed by atoms with Crippen molar-refractivity contribution in [3.05, 3.63) is 96.6 Å². The van der Waals surface area contributed by atoms with E-state index < -0.39 is 12.7 Å². The van der Waals surface area contributed by atoms with E-state index in [0.29, 0.717) is 12.8 Å². The molecule has 3 aromatic rings. The van der Waals surface area contributed by atoms with Crippen LogP contribution < -0.4 is 10.6 Å². The molecular formula is C27H31O2P. The number of hydrogen-bond acceptors (Lipinski definition) is 2. The highest BCUT2D eigenvalue weighted by molar-refractivity contribution is 7.79. The molecule has 0 aromatic heterocycles. The van der Waals surface area contributed by atoms with Crippen LogP contribution in [0.15, 0.2) is 91.0 Å². The summed E-state index contributed by atoms with van der Waals surface area (Å²) in [4.78, 5) is 0. The third-order valence-electron chi connectivity index (χ3n) is 6.74. The van der Waals surface area contributed by atoms with Gasteiger partial charge in [-0.3, -0.25) is 0 Å². The Labute approximate surface area is 180 Å². The Balaban J connectivity index is 1.95. The molecule has 1 aliphatic rings. The van der Waals surface area contributed by atoms with Crippen LogP contribution in [-0.2, 0) is 4.57 Å². The zero-order valence-corrected chi connectivity index (χ0v) is 18.5. The van der Waals surface area contributed by atoms with Crippen LogP contribution in [0.2, 0.25) is 0 Å². The molecule has 1 N–H and O–H groups in total. The lowest BCUT2D eigenvalue weighted by atomic mass is 9.77. The molecule has 156 valence electrons. The van der Waals surface area contributed by atoms with Crippen molar-refractivity contribution in [1.29, 1.82) is 0 Å². The molecule has 3 aromatic carbocycles. The molecule has 1 saturated carbocycles. The second kappa shape index (κ2) is 8.92. The first kappa shape index (κ1) is 21.1. The van der Waals surface area contributed by atoms with Crippen LogP contribution in [0, 0.1) is 0 Å². The average Bonchev–Trinajstić information content (AvgIpc) is 2.81. The standard InChI is InChI=1S/C27H31O2P/c1-22(23-14-6-2-7-15-23)26(27(28)20-12-5-13-21-27)30(29,24-16-8-3-9-17-24)25-18-10-4-11-19-25/h2-4,6-11,14-19,22,26,28H,5,12-13,20-21H2,1H3/t22-,26-/m1/s1. The Morgan fingerprint density at radius 1 is 0.733 bits per heavy atom. The summed E-state index contributed by atoms with van der Waals surface area (Å²) in [6.07, 6.45) is 4.52. The molecule has 2 nitrogen and oxygen atoms in total. The fourth-order valence-corrected chi connectivity index (χ4v) is 9.19. The zero-order chi connectivity index (χ0) is 21.0. The van der Waals surface area contributed by atoms with E-state index in [-0.39, 0.29) is 11.6 Å². The summed E-state index contributed by atoms with van der Waals surface area (Å²) in [5.41, 5.74) is -0.194. The average molecular weight is 419 g/mol. The van der Waals surface area contributed by atoms with Crippen molar-refractivity contribution < 1.29 is 9.67 Å². The maximum Gasteiger partial charge on any atom is 0.149 e. The summed E-state index contributed by atoms with van der Waals surface area (Å²) < 4.78 is 15.3. The number of aliphatic hydroxyl groups is 1. The van der Waals surface area contributed by atoms with Gasteiger partial charge < -0.3 is 9.67 Å². The molecule has 30 heavy (non-hydrogen) atoms. The van der Waals surface area contributed by atoms with E-state index in [4.69, 9.17) is 0 Å². The minimum Gasteiger partial charge on any atom is -0.389 e. The van der Waals surface area contributed by atoms with Gasteiger partial charge in [0.05, 0.1) is 11.3 Å². The van der Waals surface area contributed by atoms with E-state index in [0.717, 1.165) is 35.4 Å². The van der Waals surface area contributed by atoms with Crippen molar-refractivity contribution in [2.24, 2.45) is 0 Å². The highest BCUT2D eigenvalue weighted by Gasteiger charge is 2.52. The molecule has 0 bridgehead atoms. The summed E-state index contributed by atoms with van der Waals surface area (Å²) in [5.74, 6) is -0.0412. The molecule has 1 aliphatic carbocycles. The van der Waals surface area contributed by atoms with Gasteiger partial charge in [-0.15, -0.1) is 0 Å². The molecule has 1 fully saturated rings. The van der Waals surface area contributed by atoms with Gasteiger partial charge in [0.1, 0.15) is 7.14 Å². The summed E-state index contributed by atoms with van der Waals surface area (Å²) in [7, 11) is -3.14. The van der Waals surface area contributed by atoms with Crippen LogP contribution in [-0.4, -0.2) is 16.4 Å². The van der Waals surface area contributed by atoms with E-state index in [1.165, 1.54) is 0 Å². The van der Waals surface area contributed by atoms with Gasteiger partial charge >= 0.3 is 0 Å². The van der Waals surface area contributed by atoms with Gasteiger partial charge in [0, 0.05) is 10.6 Å². The van der Waals surface area contributed by atoms with Crippen molar-refractivity contribution in [2.75, 3.05) is 0 Å². The predicted octanol–water partition coefficient (Wildman–Crippen LogP) is 5.87. The Morgan fingerprint density at radius 2 is 1.17 bits per heavy atom. The normalized spacial score (nSPS) is 18.5. The Bertz CT molecular complexity index is 936. The summed E-state index contributed by atoms with van der Waals surface area (Å²) in [6, 6.07) is 29.9. The van der Waals surface area contributed by atoms with E-state index >= 15 is 4.57 Å². The SMILES string of the molecule is C[C@H](c1ccccc1)[C@H](C1(O)CCCCC1)P(=O)(c1ccccc1)c1ccccc1. The van der Waals surface area contributed by atoms with E-state index in [1.54, 1.807) is 0 Å². The van der Waals surface area contributed by atoms with Gasteiger partial charge in [-0.25, -0.2) is 0 Å². The molecule has 0 radical (unpaired) electrons. The predicted molar refractivity (Wildman–Crippen MR) is 126 cm³/mol. The maximum atomic E-state index is 15.3. The fraction of sp³-hybridized carbons (Fsp3) is 0.333. The van der Waals surface area contributed by atoms with Crippen molar-refractivity contribution >= 4 is 17.8 Å². The van der Waals surface area contributed by atoms with Gasteiger partial charge in [-0.05, 0) is 24.3 Å². The lowest BCUT2D eigenvalue weighted by molar-refractivity contribution is -0.00495. The van der Waals surface area contributed by atoms with Crippen molar-refractivity contribution in [3.8, 4) is 0 Å². The van der Waals surface area contributed by atoms with E-state index in [1.807, 2.05) is 78.9 Å². The topological polar surface area (TPSA) is 37.3 Å². The van der Waals surface area contributed by atoms with Crippen LogP contribution in [0.1, 0.15) is 50.5 Å². The molecule has 4 rings (SSSR count). The molecule has 2 atom stereocenters. The first-order valence-electron chi connectivity index (χ1n) is 11.0. The first-order chi connectivity index (χ1) is 14.6. The second-order valence-electron chi connectivity index (χ2n) is 8.64. The van der Waals surface area contributed by atoms with Crippen molar-refractivity contribution in [2.45, 2.75) is 56.2 Å². The highest BCUT2D eigenvalue weighted by atomic mass is 31.2. The van der Waals surface area contributed by atoms with Crippen LogP contribution >= 0.6 is 7.14 Å². The third-order valence-corrected chi connectivity index (χ3v) is 10.6. The van der Waals surface area contributed by atoms with E-state index in [2.05, 4.69) is 19.1 Å². The van der Waals surface area contributed by atoms with Gasteiger partial charge in [0.2, 0.25) is 0 Å². The number of hydrogen-bond donors (Lipinski definition) is 1. The monoisotopic (exact) mass is 418 g/mol. The smallest absolute Gasteiger partial charge is 0.149 e. The van der Waals surface area contributed by atoms with Crippen LogP contribution in [0.25, 0.3) is 0 Å². The van der Waals surface area contributed by atoms with Crippen LogP contribution in [0.5, 0.6) is 0 Å². The molecule has 0 unspecified atom stereocenters. The minimum atomic E-state index is -3.14. The third kappa shape index (κ3) is 3.92. The zero-order valence-electron chi connectivity index (χ0n) is 17.7. The van der Waals surface area contributed by atoms with E-state index in [9.17, 15) is 5.11 Å². The number of rotatable bonds is 6. The molecular weight excluding hydrogens is 387 g/mol. The quantitative estimate of drug-likeness (QED) is 0.509. The molecule has 0 saturated heterocycles. The largest absolute Gasteiger partial charge is 0.389 e.